The van der Waals surface area contributed by atoms with Crippen LogP contribution in [0.3, 0.4) is 0 Å². The molecule has 1 aromatic rings. The maximum Gasteiger partial charge on any atom is 0.233 e. The van der Waals surface area contributed by atoms with Crippen LogP contribution in [0.4, 0.5) is 18.9 Å². The molecule has 1 aromatic carbocycles. The van der Waals surface area contributed by atoms with E-state index in [4.69, 9.17) is 0 Å². The van der Waals surface area contributed by atoms with E-state index >= 15 is 0 Å². The van der Waals surface area contributed by atoms with Crippen LogP contribution >= 0.6 is 0 Å². The number of nitrogens with zero attached hydrogens (tertiary/aromatic N) is 1. The quantitative estimate of drug-likeness (QED) is 0.611. The minimum absolute atomic E-state index is 0.360. The van der Waals surface area contributed by atoms with Crippen molar-refractivity contribution in [1.82, 2.24) is 10.2 Å². The number of rotatable bonds is 6. The van der Waals surface area contributed by atoms with Gasteiger partial charge < -0.3 is 15.5 Å². The highest BCUT2D eigenvalue weighted by molar-refractivity contribution is 6.03. The van der Waals surface area contributed by atoms with E-state index in [1.807, 2.05) is 24.3 Å². The van der Waals surface area contributed by atoms with Gasteiger partial charge in [-0.1, -0.05) is 0 Å². The molecule has 8 heteroatoms. The van der Waals surface area contributed by atoms with E-state index in [1.165, 1.54) is 0 Å². The number of carbonyl (C=O) groups excluding carboxylic acids is 2. The first-order valence-corrected chi connectivity index (χ1v) is 6.16. The maximum atomic E-state index is 13.3. The average Bonchev–Trinajstić information content (AvgIpc) is 2.39. The van der Waals surface area contributed by atoms with Gasteiger partial charge in [0.15, 0.2) is 17.5 Å². The minimum Gasteiger partial charge on any atom is -0.354 e. The van der Waals surface area contributed by atoms with E-state index in [9.17, 15) is 22.8 Å². The van der Waals surface area contributed by atoms with Gasteiger partial charge in [-0.3, -0.25) is 9.59 Å². The molecule has 5 nitrogen and oxygen atoms in total. The zero-order valence-electron chi connectivity index (χ0n) is 11.7. The number of nitrogens with one attached hydrogen (secondary N) is 2. The fourth-order valence-corrected chi connectivity index (χ4v) is 1.44. The third-order valence-corrected chi connectivity index (χ3v) is 2.51. The summed E-state index contributed by atoms with van der Waals surface area (Å²) in [5, 5.41) is 4.51. The molecular formula is C13H16F3N3O2. The van der Waals surface area contributed by atoms with Crippen molar-refractivity contribution in [2.75, 3.05) is 32.5 Å². The molecule has 0 heterocycles. The van der Waals surface area contributed by atoms with Gasteiger partial charge in [-0.2, -0.15) is 0 Å². The van der Waals surface area contributed by atoms with Crippen LogP contribution in [-0.2, 0) is 9.59 Å². The number of hydrogen-bond donors (Lipinski definition) is 2. The van der Waals surface area contributed by atoms with Gasteiger partial charge in [0.1, 0.15) is 6.42 Å². The van der Waals surface area contributed by atoms with Crippen molar-refractivity contribution in [3.05, 3.63) is 29.6 Å². The Hall–Kier alpha value is -2.09. The molecular weight excluding hydrogens is 287 g/mol. The summed E-state index contributed by atoms with van der Waals surface area (Å²) in [5.74, 6) is -5.90. The highest BCUT2D eigenvalue weighted by Gasteiger charge is 2.16. The standard InChI is InChI=1S/C13H16F3N3O2/c1-19(2)6-5-17-10(20)7-11(21)18-9-4-3-8(14)12(15)13(9)16/h3-4H,5-7H2,1-2H3,(H,17,20)(H,18,21). The van der Waals surface area contributed by atoms with Gasteiger partial charge in [0.05, 0.1) is 5.69 Å². The smallest absolute Gasteiger partial charge is 0.233 e. The topological polar surface area (TPSA) is 61.4 Å². The van der Waals surface area contributed by atoms with Crippen molar-refractivity contribution in [1.29, 1.82) is 0 Å². The van der Waals surface area contributed by atoms with Gasteiger partial charge in [-0.25, -0.2) is 13.2 Å². The molecule has 0 fully saturated rings. The molecule has 0 unspecified atom stereocenters. The lowest BCUT2D eigenvalue weighted by Gasteiger charge is -2.10. The molecule has 0 aliphatic carbocycles. The second-order valence-corrected chi connectivity index (χ2v) is 4.60. The predicted octanol–water partition coefficient (Wildman–Crippen LogP) is 1.11. The van der Waals surface area contributed by atoms with E-state index in [0.717, 1.165) is 6.07 Å². The Balaban J connectivity index is 2.51. The van der Waals surface area contributed by atoms with E-state index < -0.39 is 41.4 Å². The largest absolute Gasteiger partial charge is 0.354 e. The van der Waals surface area contributed by atoms with Crippen LogP contribution in [0.2, 0.25) is 0 Å². The zero-order valence-corrected chi connectivity index (χ0v) is 11.7. The van der Waals surface area contributed by atoms with Gasteiger partial charge in [-0.05, 0) is 26.2 Å². The van der Waals surface area contributed by atoms with Crippen LogP contribution in [-0.4, -0.2) is 43.9 Å². The molecule has 0 saturated carbocycles. The lowest BCUT2D eigenvalue weighted by molar-refractivity contribution is -0.126. The summed E-state index contributed by atoms with van der Waals surface area (Å²) in [5.41, 5.74) is -0.514. The van der Waals surface area contributed by atoms with Crippen molar-refractivity contribution in [2.45, 2.75) is 6.42 Å². The van der Waals surface area contributed by atoms with E-state index in [0.29, 0.717) is 19.2 Å². The Bertz CT molecular complexity index is 536. The lowest BCUT2D eigenvalue weighted by atomic mass is 10.2. The molecule has 0 bridgehead atoms. The van der Waals surface area contributed by atoms with Crippen LogP contribution in [0.1, 0.15) is 6.42 Å². The van der Waals surface area contributed by atoms with Gasteiger partial charge in [-0.15, -0.1) is 0 Å². The third-order valence-electron chi connectivity index (χ3n) is 2.51. The summed E-state index contributed by atoms with van der Waals surface area (Å²) in [6, 6.07) is 1.57. The third kappa shape index (κ3) is 5.42. The molecule has 0 radical (unpaired) electrons. The number of benzene rings is 1. The van der Waals surface area contributed by atoms with Crippen LogP contribution in [0.25, 0.3) is 0 Å². The van der Waals surface area contributed by atoms with Gasteiger partial charge in [0.2, 0.25) is 11.8 Å². The molecule has 0 aliphatic rings. The lowest BCUT2D eigenvalue weighted by Crippen LogP contribution is -2.33. The molecule has 0 saturated heterocycles. The van der Waals surface area contributed by atoms with E-state index in [1.54, 1.807) is 0 Å². The monoisotopic (exact) mass is 303 g/mol. The van der Waals surface area contributed by atoms with Gasteiger partial charge in [0.25, 0.3) is 0 Å². The Labute approximate surface area is 120 Å². The zero-order chi connectivity index (χ0) is 16.0. The normalized spacial score (nSPS) is 10.6. The number of amides is 2. The first-order valence-electron chi connectivity index (χ1n) is 6.16. The number of likely N-dealkylation sites (N-methyl/N-ethyl adjacent to an activating group) is 1. The summed E-state index contributed by atoms with van der Waals surface area (Å²) in [4.78, 5) is 24.8. The first kappa shape index (κ1) is 17.0. The molecule has 116 valence electrons. The van der Waals surface area contributed by atoms with E-state index in [-0.39, 0.29) is 0 Å². The van der Waals surface area contributed by atoms with Crippen LogP contribution in [0, 0.1) is 17.5 Å². The number of hydrogen-bond acceptors (Lipinski definition) is 3. The van der Waals surface area contributed by atoms with Crippen molar-refractivity contribution in [2.24, 2.45) is 0 Å². The molecule has 0 spiro atoms. The van der Waals surface area contributed by atoms with Crippen LogP contribution in [0.5, 0.6) is 0 Å². The minimum atomic E-state index is -1.68. The highest BCUT2D eigenvalue weighted by atomic mass is 19.2. The van der Waals surface area contributed by atoms with Crippen molar-refractivity contribution >= 4 is 17.5 Å². The maximum absolute atomic E-state index is 13.3. The van der Waals surface area contributed by atoms with Gasteiger partial charge in [0, 0.05) is 13.1 Å². The molecule has 2 amide bonds. The second-order valence-electron chi connectivity index (χ2n) is 4.60. The van der Waals surface area contributed by atoms with Crippen molar-refractivity contribution < 1.29 is 22.8 Å². The SMILES string of the molecule is CN(C)CCNC(=O)CC(=O)Nc1ccc(F)c(F)c1F. The Morgan fingerprint density at radius 3 is 2.38 bits per heavy atom. The predicted molar refractivity (Wildman–Crippen MR) is 71.1 cm³/mol. The average molecular weight is 303 g/mol. The summed E-state index contributed by atoms with van der Waals surface area (Å²) >= 11 is 0. The fraction of sp³-hybridized carbons (Fsp3) is 0.385. The van der Waals surface area contributed by atoms with E-state index in [2.05, 4.69) is 5.32 Å². The summed E-state index contributed by atoms with van der Waals surface area (Å²) in [6.07, 6.45) is -0.536. The Kier molecular flexibility index (Phi) is 6.16. The Morgan fingerprint density at radius 2 is 1.76 bits per heavy atom. The van der Waals surface area contributed by atoms with Crippen LogP contribution in [0.15, 0.2) is 12.1 Å². The fourth-order valence-electron chi connectivity index (χ4n) is 1.44. The molecule has 0 atom stereocenters. The molecule has 2 N–H and O–H groups in total. The van der Waals surface area contributed by atoms with Gasteiger partial charge >= 0.3 is 0 Å². The highest BCUT2D eigenvalue weighted by Crippen LogP contribution is 2.19. The molecule has 0 aromatic heterocycles. The molecule has 0 aliphatic heterocycles. The van der Waals surface area contributed by atoms with Crippen molar-refractivity contribution in [3.8, 4) is 0 Å². The van der Waals surface area contributed by atoms with Crippen molar-refractivity contribution in [3.63, 3.8) is 0 Å². The van der Waals surface area contributed by atoms with Crippen LogP contribution < -0.4 is 10.6 Å². The number of carbonyl (C=O) groups is 2. The molecule has 21 heavy (non-hydrogen) atoms. The number of halogens is 3. The summed E-state index contributed by atoms with van der Waals surface area (Å²) in [6.45, 7) is 0.962. The second kappa shape index (κ2) is 7.63. The molecule has 1 rings (SSSR count). The first-order chi connectivity index (χ1) is 9.81. The Morgan fingerprint density at radius 1 is 1.10 bits per heavy atom. The summed E-state index contributed by atoms with van der Waals surface area (Å²) in [7, 11) is 3.65. The number of anilines is 1. The summed E-state index contributed by atoms with van der Waals surface area (Å²) < 4.78 is 39.0.